The Labute approximate surface area is 116 Å². The summed E-state index contributed by atoms with van der Waals surface area (Å²) in [5.74, 6) is -0.383. The highest BCUT2D eigenvalue weighted by atomic mass is 16.2. The van der Waals surface area contributed by atoms with Crippen molar-refractivity contribution in [1.29, 1.82) is 0 Å². The number of carbonyl (C=O) groups is 1. The molecule has 102 valence electrons. The first-order valence-electron chi connectivity index (χ1n) is 6.70. The fourth-order valence-electron chi connectivity index (χ4n) is 2.48. The van der Waals surface area contributed by atoms with Gasteiger partial charge >= 0.3 is 0 Å². The molecule has 0 radical (unpaired) electrons. The van der Waals surface area contributed by atoms with Crippen LogP contribution in [0.25, 0.3) is 0 Å². The summed E-state index contributed by atoms with van der Waals surface area (Å²) in [6.07, 6.45) is 7.17. The molecule has 2 aromatic rings. The molecule has 1 aliphatic carbocycles. The molecule has 2 N–H and O–H groups in total. The molecule has 0 atom stereocenters. The van der Waals surface area contributed by atoms with E-state index < -0.39 is 0 Å². The molecule has 2 heterocycles. The molecule has 0 spiro atoms. The van der Waals surface area contributed by atoms with E-state index in [2.05, 4.69) is 15.3 Å². The summed E-state index contributed by atoms with van der Waals surface area (Å²) in [5.41, 5.74) is 2.53. The zero-order chi connectivity index (χ0) is 13.9. The van der Waals surface area contributed by atoms with Crippen LogP contribution in [0.5, 0.6) is 0 Å². The number of pyridine rings is 2. The van der Waals surface area contributed by atoms with Gasteiger partial charge in [-0.25, -0.2) is 0 Å². The molecule has 0 fully saturated rings. The predicted octanol–water partition coefficient (Wildman–Crippen LogP) is 1.90. The quantitative estimate of drug-likeness (QED) is 0.874. The molecule has 0 aromatic carbocycles. The number of fused-ring (bicyclic) bond motifs is 1. The van der Waals surface area contributed by atoms with E-state index in [1.165, 1.54) is 0 Å². The third-order valence-corrected chi connectivity index (χ3v) is 3.52. The first-order valence-corrected chi connectivity index (χ1v) is 6.70. The molecular formula is C15H15N3O2. The number of amides is 1. The number of anilines is 1. The van der Waals surface area contributed by atoms with Gasteiger partial charge in [0.05, 0.1) is 0 Å². The summed E-state index contributed by atoms with van der Waals surface area (Å²) >= 11 is 0. The third-order valence-electron chi connectivity index (χ3n) is 3.52. The second-order valence-corrected chi connectivity index (χ2v) is 4.91. The summed E-state index contributed by atoms with van der Waals surface area (Å²) in [4.78, 5) is 30.9. The number of carbonyl (C=O) groups excluding carboxylic acids is 1. The number of nitrogens with zero attached hydrogens (tertiary/aromatic N) is 1. The third kappa shape index (κ3) is 2.47. The molecule has 5 nitrogen and oxygen atoms in total. The lowest BCUT2D eigenvalue weighted by Crippen LogP contribution is -2.26. The van der Waals surface area contributed by atoms with Gasteiger partial charge in [0.25, 0.3) is 11.5 Å². The van der Waals surface area contributed by atoms with E-state index in [0.29, 0.717) is 5.69 Å². The Morgan fingerprint density at radius 3 is 2.75 bits per heavy atom. The lowest BCUT2D eigenvalue weighted by atomic mass is 9.95. The second kappa shape index (κ2) is 5.28. The van der Waals surface area contributed by atoms with Crippen LogP contribution in [0.3, 0.4) is 0 Å². The summed E-state index contributed by atoms with van der Waals surface area (Å²) in [6.45, 7) is 0. The van der Waals surface area contributed by atoms with Crippen LogP contribution in [0.4, 0.5) is 5.69 Å². The van der Waals surface area contributed by atoms with E-state index in [1.807, 2.05) is 0 Å². The van der Waals surface area contributed by atoms with E-state index in [4.69, 9.17) is 0 Å². The van der Waals surface area contributed by atoms with E-state index >= 15 is 0 Å². The topological polar surface area (TPSA) is 74.8 Å². The van der Waals surface area contributed by atoms with Crippen LogP contribution in [0, 0.1) is 0 Å². The standard InChI is InChI=1S/C15H15N3O2/c19-14(17-11-5-7-16-8-6-11)12-9-10-3-1-2-4-13(10)18-15(12)20/h5-9H,1-4H2,(H,18,20)(H,16,17,19). The van der Waals surface area contributed by atoms with Crippen molar-refractivity contribution < 1.29 is 4.79 Å². The van der Waals surface area contributed by atoms with E-state index in [9.17, 15) is 9.59 Å². The van der Waals surface area contributed by atoms with Gasteiger partial charge in [0.1, 0.15) is 5.56 Å². The SMILES string of the molecule is O=C(Nc1ccncc1)c1cc2c([nH]c1=O)CCCC2. The van der Waals surface area contributed by atoms with Gasteiger partial charge in [-0.1, -0.05) is 0 Å². The number of rotatable bonds is 2. The van der Waals surface area contributed by atoms with Crippen molar-refractivity contribution in [2.24, 2.45) is 0 Å². The van der Waals surface area contributed by atoms with Crippen molar-refractivity contribution in [2.45, 2.75) is 25.7 Å². The van der Waals surface area contributed by atoms with Gasteiger partial charge in [-0.05, 0) is 49.4 Å². The van der Waals surface area contributed by atoms with Gasteiger partial charge in [-0.2, -0.15) is 0 Å². The summed E-state index contributed by atoms with van der Waals surface area (Å²) in [5, 5.41) is 2.71. The maximum atomic E-state index is 12.2. The van der Waals surface area contributed by atoms with Gasteiger partial charge in [0.2, 0.25) is 0 Å². The Kier molecular flexibility index (Phi) is 3.33. The van der Waals surface area contributed by atoms with Gasteiger partial charge in [0.15, 0.2) is 0 Å². The highest BCUT2D eigenvalue weighted by Gasteiger charge is 2.17. The van der Waals surface area contributed by atoms with E-state index in [0.717, 1.165) is 36.9 Å². The fourth-order valence-corrected chi connectivity index (χ4v) is 2.48. The van der Waals surface area contributed by atoms with Crippen LogP contribution in [0.1, 0.15) is 34.5 Å². The maximum Gasteiger partial charge on any atom is 0.261 e. The highest BCUT2D eigenvalue weighted by Crippen LogP contribution is 2.18. The van der Waals surface area contributed by atoms with Gasteiger partial charge in [0, 0.05) is 23.8 Å². The van der Waals surface area contributed by atoms with Crippen LogP contribution >= 0.6 is 0 Å². The van der Waals surface area contributed by atoms with Crippen molar-refractivity contribution in [2.75, 3.05) is 5.32 Å². The average Bonchev–Trinajstić information content (AvgIpc) is 2.47. The Balaban J connectivity index is 1.90. The predicted molar refractivity (Wildman–Crippen MR) is 75.9 cm³/mol. The number of nitrogens with one attached hydrogen (secondary N) is 2. The smallest absolute Gasteiger partial charge is 0.261 e. The molecule has 3 rings (SSSR count). The number of hydrogen-bond acceptors (Lipinski definition) is 3. The molecule has 0 aliphatic heterocycles. The minimum absolute atomic E-state index is 0.169. The van der Waals surface area contributed by atoms with Crippen molar-refractivity contribution in [3.05, 3.63) is 57.8 Å². The molecule has 5 heteroatoms. The number of aromatic amines is 1. The van der Waals surface area contributed by atoms with Crippen molar-refractivity contribution >= 4 is 11.6 Å². The van der Waals surface area contributed by atoms with E-state index in [-0.39, 0.29) is 17.0 Å². The molecule has 1 aliphatic rings. The van der Waals surface area contributed by atoms with Crippen LogP contribution < -0.4 is 10.9 Å². The van der Waals surface area contributed by atoms with Crippen LogP contribution in [0.2, 0.25) is 0 Å². The van der Waals surface area contributed by atoms with Gasteiger partial charge < -0.3 is 10.3 Å². The summed E-state index contributed by atoms with van der Waals surface area (Å²) < 4.78 is 0. The molecule has 0 unspecified atom stereocenters. The van der Waals surface area contributed by atoms with Crippen molar-refractivity contribution in [3.8, 4) is 0 Å². The Bertz CT molecular complexity index is 692. The van der Waals surface area contributed by atoms with Gasteiger partial charge in [-0.15, -0.1) is 0 Å². The zero-order valence-corrected chi connectivity index (χ0v) is 11.0. The number of aryl methyl sites for hydroxylation is 2. The van der Waals surface area contributed by atoms with Gasteiger partial charge in [-0.3, -0.25) is 14.6 Å². The monoisotopic (exact) mass is 269 g/mol. The lowest BCUT2D eigenvalue weighted by molar-refractivity contribution is 0.102. The van der Waals surface area contributed by atoms with Crippen LogP contribution in [-0.2, 0) is 12.8 Å². The normalized spacial score (nSPS) is 13.6. The zero-order valence-electron chi connectivity index (χ0n) is 11.0. The first kappa shape index (κ1) is 12.6. The maximum absolute atomic E-state index is 12.2. The van der Waals surface area contributed by atoms with E-state index in [1.54, 1.807) is 30.6 Å². The fraction of sp³-hybridized carbons (Fsp3) is 0.267. The van der Waals surface area contributed by atoms with Crippen molar-refractivity contribution in [3.63, 3.8) is 0 Å². The average molecular weight is 269 g/mol. The molecular weight excluding hydrogens is 254 g/mol. The molecule has 0 saturated carbocycles. The van der Waals surface area contributed by atoms with Crippen LogP contribution in [-0.4, -0.2) is 15.9 Å². The Morgan fingerprint density at radius 2 is 1.95 bits per heavy atom. The lowest BCUT2D eigenvalue weighted by Gasteiger charge is -2.15. The molecule has 0 saturated heterocycles. The molecule has 1 amide bonds. The summed E-state index contributed by atoms with van der Waals surface area (Å²) in [7, 11) is 0. The minimum atomic E-state index is -0.383. The first-order chi connectivity index (χ1) is 9.74. The summed E-state index contributed by atoms with van der Waals surface area (Å²) in [6, 6.07) is 5.10. The Morgan fingerprint density at radius 1 is 1.20 bits per heavy atom. The second-order valence-electron chi connectivity index (χ2n) is 4.91. The largest absolute Gasteiger partial charge is 0.325 e. The Hall–Kier alpha value is -2.43. The minimum Gasteiger partial charge on any atom is -0.325 e. The number of hydrogen-bond donors (Lipinski definition) is 2. The van der Waals surface area contributed by atoms with Crippen LogP contribution in [0.15, 0.2) is 35.4 Å². The number of H-pyrrole nitrogens is 1. The van der Waals surface area contributed by atoms with Crippen molar-refractivity contribution in [1.82, 2.24) is 9.97 Å². The molecule has 2 aromatic heterocycles. The molecule has 20 heavy (non-hydrogen) atoms. The highest BCUT2D eigenvalue weighted by molar-refractivity contribution is 6.04. The molecule has 0 bridgehead atoms. The number of aromatic nitrogens is 2.